The minimum absolute atomic E-state index is 0.0224. The minimum atomic E-state index is -1.90. The summed E-state index contributed by atoms with van der Waals surface area (Å²) in [5.41, 5.74) is -1.04. The van der Waals surface area contributed by atoms with Crippen LogP contribution in [0, 0.1) is 0 Å². The number of aromatic hydroxyl groups is 6. The van der Waals surface area contributed by atoms with Gasteiger partial charge < -0.3 is 59.5 Å². The predicted molar refractivity (Wildman–Crippen MR) is 150 cm³/mol. The molecule has 5 unspecified atom stereocenters. The quantitative estimate of drug-likeness (QED) is 0.0887. The Hall–Kier alpha value is -5.44. The zero-order chi connectivity index (χ0) is 31.9. The Balaban J connectivity index is 1.51. The fourth-order valence-corrected chi connectivity index (χ4v) is 4.57. The van der Waals surface area contributed by atoms with Crippen LogP contribution in [0.4, 0.5) is 0 Å². The Bertz CT molecular complexity index is 1790. The van der Waals surface area contributed by atoms with Crippen molar-refractivity contribution in [3.63, 3.8) is 0 Å². The van der Waals surface area contributed by atoms with E-state index in [0.29, 0.717) is 5.56 Å². The number of phenols is 6. The van der Waals surface area contributed by atoms with Crippen molar-refractivity contribution in [3.8, 4) is 51.6 Å². The first-order valence-corrected chi connectivity index (χ1v) is 13.0. The molecule has 3 aromatic carbocycles. The van der Waals surface area contributed by atoms with Gasteiger partial charge in [-0.15, -0.1) is 0 Å². The van der Waals surface area contributed by atoms with Gasteiger partial charge in [0, 0.05) is 23.8 Å². The average Bonchev–Trinajstić information content (AvgIpc) is 2.97. The van der Waals surface area contributed by atoms with E-state index in [2.05, 4.69) is 0 Å². The lowest BCUT2D eigenvalue weighted by Gasteiger charge is -2.40. The van der Waals surface area contributed by atoms with Crippen molar-refractivity contribution in [1.29, 1.82) is 0 Å². The molecule has 8 N–H and O–H groups in total. The SMILES string of the molecule is CC1OC(Oc2c(-c3cc(O)c(O)c(O)c3)oc3cc(O)cc(O)c3c2=O)C(O)C(OC(=O)C=Cc2ccc(O)cc2)C1O. The number of esters is 1. The lowest BCUT2D eigenvalue weighted by Crippen LogP contribution is -2.59. The third-order valence-corrected chi connectivity index (χ3v) is 6.82. The van der Waals surface area contributed by atoms with E-state index >= 15 is 0 Å². The van der Waals surface area contributed by atoms with Gasteiger partial charge in [0.2, 0.25) is 17.5 Å². The first kappa shape index (κ1) is 30.0. The molecule has 0 aliphatic carbocycles. The largest absolute Gasteiger partial charge is 0.508 e. The van der Waals surface area contributed by atoms with Crippen LogP contribution < -0.4 is 10.2 Å². The predicted octanol–water partition coefficient (Wildman–Crippen LogP) is 2.16. The number of hydrogen-bond acceptors (Lipinski definition) is 14. The number of carbonyl (C=O) groups excluding carboxylic acids is 1. The van der Waals surface area contributed by atoms with Crippen molar-refractivity contribution < 1.29 is 64.3 Å². The van der Waals surface area contributed by atoms with Crippen LogP contribution in [0.25, 0.3) is 28.4 Å². The lowest BCUT2D eigenvalue weighted by molar-refractivity contribution is -0.271. The Morgan fingerprint density at radius 1 is 0.864 bits per heavy atom. The molecule has 14 heteroatoms. The number of benzene rings is 3. The molecule has 1 aliphatic rings. The number of ether oxygens (including phenoxy) is 3. The fourth-order valence-electron chi connectivity index (χ4n) is 4.57. The molecule has 5 rings (SSSR count). The van der Waals surface area contributed by atoms with E-state index in [1.807, 2.05) is 0 Å². The van der Waals surface area contributed by atoms with Crippen molar-refractivity contribution in [2.75, 3.05) is 0 Å². The Labute approximate surface area is 247 Å². The lowest BCUT2D eigenvalue weighted by atomic mass is 9.99. The van der Waals surface area contributed by atoms with Crippen molar-refractivity contribution in [3.05, 3.63) is 70.4 Å². The van der Waals surface area contributed by atoms with E-state index in [9.17, 15) is 50.4 Å². The van der Waals surface area contributed by atoms with Crippen molar-refractivity contribution in [2.45, 2.75) is 37.6 Å². The molecule has 1 saturated heterocycles. The van der Waals surface area contributed by atoms with E-state index in [-0.39, 0.29) is 16.9 Å². The zero-order valence-electron chi connectivity index (χ0n) is 22.7. The normalized spacial score (nSPS) is 21.8. The molecule has 44 heavy (non-hydrogen) atoms. The maximum Gasteiger partial charge on any atom is 0.331 e. The highest BCUT2D eigenvalue weighted by molar-refractivity contribution is 5.89. The molecule has 0 radical (unpaired) electrons. The summed E-state index contributed by atoms with van der Waals surface area (Å²) in [5.74, 6) is -5.77. The second-order valence-electron chi connectivity index (χ2n) is 9.93. The fraction of sp³-hybridized carbons (Fsp3) is 0.200. The third-order valence-electron chi connectivity index (χ3n) is 6.82. The summed E-state index contributed by atoms with van der Waals surface area (Å²) in [4.78, 5) is 26.2. The summed E-state index contributed by atoms with van der Waals surface area (Å²) >= 11 is 0. The van der Waals surface area contributed by atoms with Gasteiger partial charge in [0.25, 0.3) is 0 Å². The highest BCUT2D eigenvalue weighted by Gasteiger charge is 2.47. The zero-order valence-corrected chi connectivity index (χ0v) is 22.7. The van der Waals surface area contributed by atoms with Crippen molar-refractivity contribution >= 4 is 23.0 Å². The van der Waals surface area contributed by atoms with Crippen LogP contribution in [-0.2, 0) is 14.3 Å². The van der Waals surface area contributed by atoms with Gasteiger partial charge in [-0.3, -0.25) is 4.79 Å². The molecule has 1 aromatic heterocycles. The summed E-state index contributed by atoms with van der Waals surface area (Å²) in [6.07, 6.45) is -5.57. The Morgan fingerprint density at radius 2 is 1.52 bits per heavy atom. The number of aliphatic hydroxyl groups excluding tert-OH is 2. The van der Waals surface area contributed by atoms with E-state index in [4.69, 9.17) is 18.6 Å². The van der Waals surface area contributed by atoms with Gasteiger partial charge in [-0.05, 0) is 42.8 Å². The van der Waals surface area contributed by atoms with Crippen molar-refractivity contribution in [2.24, 2.45) is 0 Å². The monoisotopic (exact) mass is 610 g/mol. The maximum atomic E-state index is 13.6. The molecule has 0 saturated carbocycles. The molecule has 0 spiro atoms. The molecular weight excluding hydrogens is 584 g/mol. The standard InChI is InChI=1S/C30H26O14/c1-12-23(37)28(43-21(36)7-4-13-2-5-15(31)6-3-13)26(40)30(41-12)44-29-25(39)22-17(33)10-16(32)11-20(22)42-27(29)14-8-18(34)24(38)19(35)9-14/h2-12,23,26,28,30-35,37-38,40H,1H3. The number of rotatable bonds is 6. The van der Waals surface area contributed by atoms with Gasteiger partial charge in [-0.2, -0.15) is 0 Å². The summed E-state index contributed by atoms with van der Waals surface area (Å²) in [6.45, 7) is 1.38. The van der Waals surface area contributed by atoms with E-state index < -0.39 is 87.7 Å². The van der Waals surface area contributed by atoms with Crippen LogP contribution in [0.3, 0.4) is 0 Å². The van der Waals surface area contributed by atoms with Gasteiger partial charge in [0.1, 0.15) is 34.3 Å². The topological polar surface area (TPSA) is 237 Å². The molecule has 0 bridgehead atoms. The molecular formula is C30H26O14. The van der Waals surface area contributed by atoms with Gasteiger partial charge in [0.15, 0.2) is 35.2 Å². The van der Waals surface area contributed by atoms with Crippen LogP contribution in [0.2, 0.25) is 0 Å². The van der Waals surface area contributed by atoms with Crippen LogP contribution in [0.15, 0.2) is 63.8 Å². The molecule has 230 valence electrons. The van der Waals surface area contributed by atoms with Crippen molar-refractivity contribution in [1.82, 2.24) is 0 Å². The molecule has 5 atom stereocenters. The molecule has 2 heterocycles. The van der Waals surface area contributed by atoms with Gasteiger partial charge >= 0.3 is 5.97 Å². The van der Waals surface area contributed by atoms with Crippen LogP contribution in [0.1, 0.15) is 12.5 Å². The second kappa shape index (κ2) is 11.7. The van der Waals surface area contributed by atoms with Crippen LogP contribution in [0.5, 0.6) is 40.2 Å². The van der Waals surface area contributed by atoms with Gasteiger partial charge in [-0.25, -0.2) is 4.79 Å². The van der Waals surface area contributed by atoms with Gasteiger partial charge in [0.05, 0.1) is 6.10 Å². The van der Waals surface area contributed by atoms with Gasteiger partial charge in [-0.1, -0.05) is 12.1 Å². The summed E-state index contributed by atoms with van der Waals surface area (Å²) in [6, 6.07) is 9.59. The number of aliphatic hydroxyl groups is 2. The highest BCUT2D eigenvalue weighted by Crippen LogP contribution is 2.43. The Kier molecular flexibility index (Phi) is 7.97. The molecule has 1 fully saturated rings. The minimum Gasteiger partial charge on any atom is -0.508 e. The molecule has 4 aromatic rings. The summed E-state index contributed by atoms with van der Waals surface area (Å²) in [5, 5.41) is 80.9. The highest BCUT2D eigenvalue weighted by atomic mass is 16.7. The van der Waals surface area contributed by atoms with E-state index in [1.54, 1.807) is 0 Å². The van der Waals surface area contributed by atoms with Crippen LogP contribution >= 0.6 is 0 Å². The number of hydrogen-bond donors (Lipinski definition) is 8. The summed E-state index contributed by atoms with van der Waals surface area (Å²) < 4.78 is 22.3. The van der Waals surface area contributed by atoms with Crippen LogP contribution in [-0.4, -0.2) is 77.5 Å². The molecule has 1 aliphatic heterocycles. The smallest absolute Gasteiger partial charge is 0.331 e. The average molecular weight is 611 g/mol. The number of phenolic OH excluding ortho intramolecular Hbond substituents is 6. The second-order valence-corrected chi connectivity index (χ2v) is 9.93. The van der Waals surface area contributed by atoms with E-state index in [0.717, 1.165) is 30.3 Å². The number of carbonyl (C=O) groups is 1. The number of fused-ring (bicyclic) bond motifs is 1. The first-order valence-electron chi connectivity index (χ1n) is 13.0. The Morgan fingerprint density at radius 3 is 2.18 bits per heavy atom. The molecule has 14 nitrogen and oxygen atoms in total. The molecule has 0 amide bonds. The van der Waals surface area contributed by atoms with E-state index in [1.165, 1.54) is 37.3 Å². The third kappa shape index (κ3) is 5.76. The first-order chi connectivity index (χ1) is 20.8. The maximum absolute atomic E-state index is 13.6. The summed E-state index contributed by atoms with van der Waals surface area (Å²) in [7, 11) is 0.